The Morgan fingerprint density at radius 3 is 2.39 bits per heavy atom. The Hall–Kier alpha value is -2.64. The van der Waals surface area contributed by atoms with E-state index in [1.165, 1.54) is 6.07 Å². The van der Waals surface area contributed by atoms with Gasteiger partial charge in [-0.25, -0.2) is 0 Å². The summed E-state index contributed by atoms with van der Waals surface area (Å²) in [4.78, 5) is 28.0. The van der Waals surface area contributed by atoms with Crippen molar-refractivity contribution in [3.05, 3.63) is 68.7 Å². The van der Waals surface area contributed by atoms with Crippen LogP contribution in [-0.2, 0) is 0 Å². The third kappa shape index (κ3) is 4.61. The number of hydrogen-bond acceptors (Lipinski definition) is 5. The molecule has 0 aromatic heterocycles. The smallest absolute Gasteiger partial charge is 0.293 e. The zero-order valence-electron chi connectivity index (χ0n) is 15.9. The van der Waals surface area contributed by atoms with E-state index in [1.807, 2.05) is 31.0 Å². The fraction of sp³-hybridized carbons (Fsp3) is 0.350. The quantitative estimate of drug-likeness (QED) is 0.611. The van der Waals surface area contributed by atoms with Crippen LogP contribution in [0.1, 0.15) is 28.9 Å². The zero-order valence-corrected chi connectivity index (χ0v) is 16.6. The van der Waals surface area contributed by atoms with Crippen molar-refractivity contribution >= 4 is 28.9 Å². The number of benzene rings is 2. The van der Waals surface area contributed by atoms with Gasteiger partial charge in [-0.2, -0.15) is 0 Å². The van der Waals surface area contributed by atoms with Crippen LogP contribution in [0.5, 0.6) is 0 Å². The highest BCUT2D eigenvalue weighted by Gasteiger charge is 2.24. The van der Waals surface area contributed by atoms with Crippen LogP contribution in [0, 0.1) is 10.1 Å². The average Bonchev–Trinajstić information content (AvgIpc) is 2.68. The van der Waals surface area contributed by atoms with Crippen LogP contribution in [0.4, 0.5) is 11.4 Å². The van der Waals surface area contributed by atoms with Crippen LogP contribution in [0.2, 0.25) is 5.02 Å². The molecule has 2 aromatic carbocycles. The first-order valence-corrected chi connectivity index (χ1v) is 9.51. The molecule has 0 bridgehead atoms. The molecule has 0 unspecified atom stereocenters. The number of piperazine rings is 1. The Morgan fingerprint density at radius 1 is 1.14 bits per heavy atom. The van der Waals surface area contributed by atoms with Crippen LogP contribution < -0.4 is 10.2 Å². The van der Waals surface area contributed by atoms with E-state index in [0.29, 0.717) is 10.7 Å². The van der Waals surface area contributed by atoms with Crippen molar-refractivity contribution in [3.63, 3.8) is 0 Å². The van der Waals surface area contributed by atoms with E-state index in [-0.39, 0.29) is 23.2 Å². The fourth-order valence-corrected chi connectivity index (χ4v) is 3.37. The number of nitrogens with one attached hydrogen (secondary N) is 1. The molecule has 7 nitrogen and oxygen atoms in total. The van der Waals surface area contributed by atoms with E-state index in [0.717, 1.165) is 31.7 Å². The summed E-state index contributed by atoms with van der Waals surface area (Å²) in [6.45, 7) is 4.98. The summed E-state index contributed by atoms with van der Waals surface area (Å²) in [5.41, 5.74) is 1.68. The first kappa shape index (κ1) is 20.1. The summed E-state index contributed by atoms with van der Waals surface area (Å²) < 4.78 is 0. The van der Waals surface area contributed by atoms with E-state index in [1.54, 1.807) is 24.3 Å². The summed E-state index contributed by atoms with van der Waals surface area (Å²) >= 11 is 5.89. The lowest BCUT2D eigenvalue weighted by Crippen LogP contribution is -2.44. The lowest BCUT2D eigenvalue weighted by atomic mass is 10.1. The van der Waals surface area contributed by atoms with Gasteiger partial charge in [-0.3, -0.25) is 14.9 Å². The van der Waals surface area contributed by atoms with Crippen molar-refractivity contribution in [2.45, 2.75) is 13.0 Å². The summed E-state index contributed by atoms with van der Waals surface area (Å²) in [5, 5.41) is 15.1. The molecule has 3 rings (SSSR count). The van der Waals surface area contributed by atoms with Crippen LogP contribution in [0.25, 0.3) is 0 Å². The second-order valence-corrected chi connectivity index (χ2v) is 7.43. The number of rotatable bonds is 5. The molecule has 1 aliphatic heterocycles. The highest BCUT2D eigenvalue weighted by molar-refractivity contribution is 6.30. The summed E-state index contributed by atoms with van der Waals surface area (Å²) in [6.07, 6.45) is 0. The lowest BCUT2D eigenvalue weighted by molar-refractivity contribution is -0.384. The highest BCUT2D eigenvalue weighted by Crippen LogP contribution is 2.30. The van der Waals surface area contributed by atoms with Crippen LogP contribution in [0.3, 0.4) is 0 Å². The molecule has 1 aliphatic rings. The van der Waals surface area contributed by atoms with Crippen molar-refractivity contribution in [2.24, 2.45) is 0 Å². The molecule has 148 valence electrons. The van der Waals surface area contributed by atoms with E-state index < -0.39 is 4.92 Å². The van der Waals surface area contributed by atoms with Gasteiger partial charge in [0.2, 0.25) is 0 Å². The molecule has 1 amide bonds. The van der Waals surface area contributed by atoms with E-state index >= 15 is 0 Å². The van der Waals surface area contributed by atoms with Crippen molar-refractivity contribution in [3.8, 4) is 0 Å². The van der Waals surface area contributed by atoms with Gasteiger partial charge in [0.25, 0.3) is 11.6 Å². The largest absolute Gasteiger partial charge is 0.363 e. The molecule has 0 aliphatic carbocycles. The average molecular weight is 403 g/mol. The first-order chi connectivity index (χ1) is 13.3. The number of likely N-dealkylation sites (N-methyl/N-ethyl adjacent to an activating group) is 1. The number of halogens is 1. The molecule has 1 atom stereocenters. The minimum atomic E-state index is -0.424. The SMILES string of the molecule is C[C@@H](NC(=O)c1ccc(N2CCN(C)CC2)c([N+](=O)[O-])c1)c1ccc(Cl)cc1. The molecule has 0 saturated carbocycles. The molecular formula is C20H23ClN4O3. The summed E-state index contributed by atoms with van der Waals surface area (Å²) in [7, 11) is 2.03. The van der Waals surface area contributed by atoms with E-state index in [9.17, 15) is 14.9 Å². The third-order valence-electron chi connectivity index (χ3n) is 5.00. The third-order valence-corrected chi connectivity index (χ3v) is 5.25. The number of nitrogens with zero attached hydrogens (tertiary/aromatic N) is 3. The number of nitro groups is 1. The molecule has 1 N–H and O–H groups in total. The van der Waals surface area contributed by atoms with Crippen molar-refractivity contribution in [1.29, 1.82) is 0 Å². The number of carbonyl (C=O) groups is 1. The molecule has 1 heterocycles. The van der Waals surface area contributed by atoms with Crippen LogP contribution >= 0.6 is 11.6 Å². The topological polar surface area (TPSA) is 78.7 Å². The van der Waals surface area contributed by atoms with Gasteiger partial charge in [0.15, 0.2) is 0 Å². The van der Waals surface area contributed by atoms with Gasteiger partial charge >= 0.3 is 0 Å². The predicted molar refractivity (Wildman–Crippen MR) is 110 cm³/mol. The Labute approximate surface area is 169 Å². The highest BCUT2D eigenvalue weighted by atomic mass is 35.5. The molecule has 1 saturated heterocycles. The standard InChI is InChI=1S/C20H23ClN4O3/c1-14(15-3-6-17(21)7-4-15)22-20(26)16-5-8-18(19(13-16)25(27)28)24-11-9-23(2)10-12-24/h3-8,13-14H,9-12H2,1-2H3,(H,22,26)/t14-/m1/s1. The second kappa shape index (κ2) is 8.58. The molecule has 8 heteroatoms. The number of nitro benzene ring substituents is 1. The maximum Gasteiger partial charge on any atom is 0.293 e. The van der Waals surface area contributed by atoms with Gasteiger partial charge in [-0.15, -0.1) is 0 Å². The Balaban J connectivity index is 1.78. The molecule has 2 aromatic rings. The maximum atomic E-state index is 12.6. The normalized spacial score (nSPS) is 15.9. The van der Waals surface area contributed by atoms with Gasteiger partial charge in [0, 0.05) is 42.8 Å². The zero-order chi connectivity index (χ0) is 20.3. The maximum absolute atomic E-state index is 12.6. The number of carbonyl (C=O) groups excluding carboxylic acids is 1. The van der Waals surface area contributed by atoms with E-state index in [4.69, 9.17) is 11.6 Å². The van der Waals surface area contributed by atoms with Gasteiger partial charge in [-0.1, -0.05) is 23.7 Å². The fourth-order valence-electron chi connectivity index (χ4n) is 3.24. The van der Waals surface area contributed by atoms with Gasteiger partial charge in [0.1, 0.15) is 5.69 Å². The molecule has 0 radical (unpaired) electrons. The summed E-state index contributed by atoms with van der Waals surface area (Å²) in [5.74, 6) is -0.351. The Bertz CT molecular complexity index is 864. The number of hydrogen-bond donors (Lipinski definition) is 1. The predicted octanol–water partition coefficient (Wildman–Crippen LogP) is 3.49. The summed E-state index contributed by atoms with van der Waals surface area (Å²) in [6, 6.07) is 11.6. The van der Waals surface area contributed by atoms with E-state index in [2.05, 4.69) is 10.2 Å². The number of amides is 1. The second-order valence-electron chi connectivity index (χ2n) is 7.00. The van der Waals surface area contributed by atoms with Gasteiger partial charge in [-0.05, 0) is 43.8 Å². The van der Waals surface area contributed by atoms with Gasteiger partial charge < -0.3 is 15.1 Å². The molecule has 1 fully saturated rings. The van der Waals surface area contributed by atoms with Crippen LogP contribution in [0.15, 0.2) is 42.5 Å². The molecular weight excluding hydrogens is 380 g/mol. The minimum Gasteiger partial charge on any atom is -0.363 e. The first-order valence-electron chi connectivity index (χ1n) is 9.13. The Kier molecular flexibility index (Phi) is 6.16. The van der Waals surface area contributed by atoms with Crippen molar-refractivity contribution in [1.82, 2.24) is 10.2 Å². The van der Waals surface area contributed by atoms with Gasteiger partial charge in [0.05, 0.1) is 11.0 Å². The van der Waals surface area contributed by atoms with Crippen LogP contribution in [-0.4, -0.2) is 49.0 Å². The number of anilines is 1. The monoisotopic (exact) mass is 402 g/mol. The molecule has 28 heavy (non-hydrogen) atoms. The van der Waals surface area contributed by atoms with Crippen molar-refractivity contribution in [2.75, 3.05) is 38.1 Å². The Morgan fingerprint density at radius 2 is 1.79 bits per heavy atom. The minimum absolute atomic E-state index is 0.0450. The lowest BCUT2D eigenvalue weighted by Gasteiger charge is -2.33. The molecule has 0 spiro atoms. The van der Waals surface area contributed by atoms with Crippen molar-refractivity contribution < 1.29 is 9.72 Å².